The zero-order valence-electron chi connectivity index (χ0n) is 11.1. The Bertz CT molecular complexity index is 679. The van der Waals surface area contributed by atoms with Gasteiger partial charge in [0.15, 0.2) is 0 Å². The zero-order chi connectivity index (χ0) is 15.4. The summed E-state index contributed by atoms with van der Waals surface area (Å²) in [6, 6.07) is 8.44. The molecule has 110 valence electrons. The number of nitrogens with one attached hydrogen (secondary N) is 1. The van der Waals surface area contributed by atoms with Crippen molar-refractivity contribution in [1.82, 2.24) is 5.32 Å². The lowest BCUT2D eigenvalue weighted by Crippen LogP contribution is -2.06. The SMILES string of the molecule is CNCc1cc(Cl)ccc1Oc1ccc([N+](=O)[O-])c(F)c1. The molecule has 2 aromatic rings. The summed E-state index contributed by atoms with van der Waals surface area (Å²) in [5.41, 5.74) is 0.206. The number of ether oxygens (including phenoxy) is 1. The van der Waals surface area contributed by atoms with Crippen LogP contribution >= 0.6 is 11.6 Å². The Morgan fingerprint density at radius 1 is 1.33 bits per heavy atom. The fourth-order valence-electron chi connectivity index (χ4n) is 1.80. The summed E-state index contributed by atoms with van der Waals surface area (Å²) in [5.74, 6) is -0.263. The smallest absolute Gasteiger partial charge is 0.305 e. The van der Waals surface area contributed by atoms with Crippen LogP contribution in [-0.4, -0.2) is 12.0 Å². The molecule has 0 aromatic heterocycles. The number of benzene rings is 2. The molecule has 0 radical (unpaired) electrons. The first-order chi connectivity index (χ1) is 10.0. The first kappa shape index (κ1) is 15.2. The van der Waals surface area contributed by atoms with Crippen molar-refractivity contribution in [2.75, 3.05) is 7.05 Å². The molecule has 0 aliphatic rings. The third-order valence-corrected chi connectivity index (χ3v) is 2.97. The Balaban J connectivity index is 2.30. The second kappa shape index (κ2) is 6.51. The molecule has 0 aliphatic heterocycles. The maximum atomic E-state index is 13.6. The number of nitro groups is 1. The Hall–Kier alpha value is -2.18. The Kier molecular flexibility index (Phi) is 4.72. The molecule has 1 N–H and O–H groups in total. The van der Waals surface area contributed by atoms with E-state index in [2.05, 4.69) is 5.32 Å². The quantitative estimate of drug-likeness (QED) is 0.672. The van der Waals surface area contributed by atoms with E-state index in [4.69, 9.17) is 16.3 Å². The Morgan fingerprint density at radius 3 is 2.71 bits per heavy atom. The van der Waals surface area contributed by atoms with Crippen LogP contribution in [0.15, 0.2) is 36.4 Å². The van der Waals surface area contributed by atoms with Gasteiger partial charge in [-0.15, -0.1) is 0 Å². The van der Waals surface area contributed by atoms with Gasteiger partial charge in [0.1, 0.15) is 11.5 Å². The molecule has 0 bridgehead atoms. The lowest BCUT2D eigenvalue weighted by molar-refractivity contribution is -0.387. The summed E-state index contributed by atoms with van der Waals surface area (Å²) in [5, 5.41) is 14.1. The van der Waals surface area contributed by atoms with Gasteiger partial charge in [0.05, 0.1) is 4.92 Å². The van der Waals surface area contributed by atoms with Crippen LogP contribution < -0.4 is 10.1 Å². The predicted molar refractivity (Wildman–Crippen MR) is 77.3 cm³/mol. The van der Waals surface area contributed by atoms with Crippen molar-refractivity contribution >= 4 is 17.3 Å². The van der Waals surface area contributed by atoms with Gasteiger partial charge in [0.25, 0.3) is 0 Å². The highest BCUT2D eigenvalue weighted by atomic mass is 35.5. The van der Waals surface area contributed by atoms with E-state index in [1.165, 1.54) is 6.07 Å². The summed E-state index contributed by atoms with van der Waals surface area (Å²) >= 11 is 5.92. The van der Waals surface area contributed by atoms with E-state index >= 15 is 0 Å². The fraction of sp³-hybridized carbons (Fsp3) is 0.143. The maximum Gasteiger partial charge on any atom is 0.305 e. The lowest BCUT2D eigenvalue weighted by atomic mass is 10.2. The highest BCUT2D eigenvalue weighted by molar-refractivity contribution is 6.30. The molecule has 21 heavy (non-hydrogen) atoms. The summed E-state index contributed by atoms with van der Waals surface area (Å²) in [6.07, 6.45) is 0. The standard InChI is InChI=1S/C14H12ClFN2O3/c1-17-8-9-6-10(15)2-5-14(9)21-11-3-4-13(18(19)20)12(16)7-11/h2-7,17H,8H2,1H3. The van der Waals surface area contributed by atoms with E-state index in [-0.39, 0.29) is 5.75 Å². The van der Waals surface area contributed by atoms with Gasteiger partial charge in [-0.05, 0) is 31.3 Å². The zero-order valence-corrected chi connectivity index (χ0v) is 11.9. The average Bonchev–Trinajstić information content (AvgIpc) is 2.42. The van der Waals surface area contributed by atoms with E-state index < -0.39 is 16.4 Å². The number of halogens is 2. The molecule has 2 rings (SSSR count). The van der Waals surface area contributed by atoms with E-state index in [9.17, 15) is 14.5 Å². The molecule has 7 heteroatoms. The topological polar surface area (TPSA) is 64.4 Å². The first-order valence-corrected chi connectivity index (χ1v) is 6.44. The van der Waals surface area contributed by atoms with Crippen LogP contribution in [0.5, 0.6) is 11.5 Å². The normalized spacial score (nSPS) is 10.4. The van der Waals surface area contributed by atoms with Crippen LogP contribution in [0.1, 0.15) is 5.56 Å². The van der Waals surface area contributed by atoms with Crippen molar-refractivity contribution in [3.05, 3.63) is 62.9 Å². The number of rotatable bonds is 5. The molecule has 0 amide bonds. The molecule has 0 fully saturated rings. The molecular formula is C14H12ClFN2O3. The van der Waals surface area contributed by atoms with Crippen molar-refractivity contribution in [2.45, 2.75) is 6.54 Å². The molecule has 5 nitrogen and oxygen atoms in total. The van der Waals surface area contributed by atoms with E-state index in [0.29, 0.717) is 17.3 Å². The molecule has 0 heterocycles. The van der Waals surface area contributed by atoms with Crippen LogP contribution in [0.4, 0.5) is 10.1 Å². The second-order valence-corrected chi connectivity index (χ2v) is 4.69. The van der Waals surface area contributed by atoms with Gasteiger partial charge in [-0.3, -0.25) is 10.1 Å². The summed E-state index contributed by atoms with van der Waals surface area (Å²) < 4.78 is 19.1. The minimum atomic E-state index is -0.943. The summed E-state index contributed by atoms with van der Waals surface area (Å²) in [6.45, 7) is 0.519. The fourth-order valence-corrected chi connectivity index (χ4v) is 2.00. The summed E-state index contributed by atoms with van der Waals surface area (Å²) in [7, 11) is 1.77. The van der Waals surface area contributed by atoms with Crippen LogP contribution in [0, 0.1) is 15.9 Å². The van der Waals surface area contributed by atoms with Crippen molar-refractivity contribution in [1.29, 1.82) is 0 Å². The third-order valence-electron chi connectivity index (χ3n) is 2.73. The molecule has 0 unspecified atom stereocenters. The number of hydrogen-bond acceptors (Lipinski definition) is 4. The molecule has 0 saturated carbocycles. The van der Waals surface area contributed by atoms with Crippen LogP contribution in [0.2, 0.25) is 5.02 Å². The Morgan fingerprint density at radius 2 is 2.10 bits per heavy atom. The molecule has 0 aliphatic carbocycles. The predicted octanol–water partition coefficient (Wildman–Crippen LogP) is 3.90. The summed E-state index contributed by atoms with van der Waals surface area (Å²) in [4.78, 5) is 9.79. The largest absolute Gasteiger partial charge is 0.457 e. The van der Waals surface area contributed by atoms with Gasteiger partial charge in [-0.25, -0.2) is 0 Å². The van der Waals surface area contributed by atoms with Crippen LogP contribution in [0.3, 0.4) is 0 Å². The van der Waals surface area contributed by atoms with Crippen molar-refractivity contribution < 1.29 is 14.1 Å². The van der Waals surface area contributed by atoms with Crippen molar-refractivity contribution in [3.63, 3.8) is 0 Å². The molecule has 0 atom stereocenters. The number of nitro benzene ring substituents is 1. The highest BCUT2D eigenvalue weighted by Crippen LogP contribution is 2.30. The van der Waals surface area contributed by atoms with Crippen molar-refractivity contribution in [3.8, 4) is 11.5 Å². The minimum absolute atomic E-state index is 0.178. The van der Waals surface area contributed by atoms with Gasteiger partial charge in [0.2, 0.25) is 5.82 Å². The molecule has 2 aromatic carbocycles. The van der Waals surface area contributed by atoms with Gasteiger partial charge in [0, 0.05) is 29.3 Å². The lowest BCUT2D eigenvalue weighted by Gasteiger charge is -2.11. The molecule has 0 saturated heterocycles. The third kappa shape index (κ3) is 3.68. The van der Waals surface area contributed by atoms with E-state index in [0.717, 1.165) is 17.7 Å². The Labute approximate surface area is 125 Å². The number of hydrogen-bond donors (Lipinski definition) is 1. The number of nitrogens with zero attached hydrogens (tertiary/aromatic N) is 1. The van der Waals surface area contributed by atoms with Crippen LogP contribution in [-0.2, 0) is 6.54 Å². The van der Waals surface area contributed by atoms with Gasteiger partial charge >= 0.3 is 5.69 Å². The highest BCUT2D eigenvalue weighted by Gasteiger charge is 2.15. The van der Waals surface area contributed by atoms with Crippen LogP contribution in [0.25, 0.3) is 0 Å². The second-order valence-electron chi connectivity index (χ2n) is 4.25. The first-order valence-electron chi connectivity index (χ1n) is 6.06. The van der Waals surface area contributed by atoms with Gasteiger partial charge < -0.3 is 10.1 Å². The maximum absolute atomic E-state index is 13.6. The average molecular weight is 311 g/mol. The van der Waals surface area contributed by atoms with Gasteiger partial charge in [-0.1, -0.05) is 11.6 Å². The monoisotopic (exact) mass is 310 g/mol. The van der Waals surface area contributed by atoms with E-state index in [1.807, 2.05) is 0 Å². The molecule has 0 spiro atoms. The van der Waals surface area contributed by atoms with Gasteiger partial charge in [-0.2, -0.15) is 4.39 Å². The molecular weight excluding hydrogens is 299 g/mol. The van der Waals surface area contributed by atoms with E-state index in [1.54, 1.807) is 25.2 Å². The van der Waals surface area contributed by atoms with Crippen molar-refractivity contribution in [2.24, 2.45) is 0 Å². The minimum Gasteiger partial charge on any atom is -0.457 e.